The lowest BCUT2D eigenvalue weighted by Crippen LogP contribution is -2.13. The van der Waals surface area contributed by atoms with E-state index in [0.717, 1.165) is 5.39 Å². The SMILES string of the molecule is N#Cc1cc(C(=O)n2ncc3cc(N)ccc32)ccn1. The number of nitrogen functional groups attached to an aromatic ring is 1. The van der Waals surface area contributed by atoms with Crippen LogP contribution in [0.3, 0.4) is 0 Å². The van der Waals surface area contributed by atoms with Gasteiger partial charge in [0.1, 0.15) is 11.8 Å². The highest BCUT2D eigenvalue weighted by atomic mass is 16.2. The van der Waals surface area contributed by atoms with Crippen LogP contribution in [-0.4, -0.2) is 20.7 Å². The van der Waals surface area contributed by atoms with Crippen LogP contribution in [0.4, 0.5) is 5.69 Å². The largest absolute Gasteiger partial charge is 0.399 e. The first-order chi connectivity index (χ1) is 9.69. The molecule has 3 rings (SSSR count). The first-order valence-electron chi connectivity index (χ1n) is 5.83. The van der Waals surface area contributed by atoms with E-state index in [9.17, 15) is 4.79 Å². The van der Waals surface area contributed by atoms with Crippen LogP contribution in [0.5, 0.6) is 0 Å². The van der Waals surface area contributed by atoms with Crippen molar-refractivity contribution in [1.29, 1.82) is 5.26 Å². The lowest BCUT2D eigenvalue weighted by molar-refractivity contribution is 0.0950. The maximum absolute atomic E-state index is 12.4. The summed E-state index contributed by atoms with van der Waals surface area (Å²) in [6.45, 7) is 0. The quantitative estimate of drug-likeness (QED) is 0.672. The fraction of sp³-hybridized carbons (Fsp3) is 0. The number of nitriles is 1. The number of anilines is 1. The van der Waals surface area contributed by atoms with Crippen molar-refractivity contribution in [3.05, 3.63) is 54.0 Å². The van der Waals surface area contributed by atoms with E-state index in [1.807, 2.05) is 6.07 Å². The van der Waals surface area contributed by atoms with Crippen molar-refractivity contribution >= 4 is 22.5 Å². The molecule has 0 radical (unpaired) electrons. The monoisotopic (exact) mass is 263 g/mol. The molecule has 0 fully saturated rings. The number of carbonyl (C=O) groups excluding carboxylic acids is 1. The Kier molecular flexibility index (Phi) is 2.66. The number of nitrogens with two attached hydrogens (primary N) is 1. The number of rotatable bonds is 1. The van der Waals surface area contributed by atoms with E-state index in [4.69, 9.17) is 11.0 Å². The summed E-state index contributed by atoms with van der Waals surface area (Å²) >= 11 is 0. The van der Waals surface area contributed by atoms with E-state index in [1.54, 1.807) is 30.5 Å². The zero-order valence-corrected chi connectivity index (χ0v) is 10.3. The third-order valence-electron chi connectivity index (χ3n) is 2.91. The molecule has 20 heavy (non-hydrogen) atoms. The van der Waals surface area contributed by atoms with E-state index in [-0.39, 0.29) is 11.6 Å². The van der Waals surface area contributed by atoms with Crippen LogP contribution in [0.1, 0.15) is 16.1 Å². The van der Waals surface area contributed by atoms with Crippen LogP contribution in [0, 0.1) is 11.3 Å². The van der Waals surface area contributed by atoms with Gasteiger partial charge in [-0.15, -0.1) is 0 Å². The Bertz CT molecular complexity index is 859. The highest BCUT2D eigenvalue weighted by Gasteiger charge is 2.13. The van der Waals surface area contributed by atoms with E-state index in [1.165, 1.54) is 16.9 Å². The zero-order chi connectivity index (χ0) is 14.1. The van der Waals surface area contributed by atoms with Gasteiger partial charge in [0.25, 0.3) is 5.91 Å². The van der Waals surface area contributed by atoms with Crippen LogP contribution in [0.15, 0.2) is 42.7 Å². The fourth-order valence-electron chi connectivity index (χ4n) is 1.96. The number of hydrogen-bond donors (Lipinski definition) is 1. The molecule has 1 aromatic carbocycles. The number of hydrogen-bond acceptors (Lipinski definition) is 5. The average Bonchev–Trinajstić information content (AvgIpc) is 2.89. The van der Waals surface area contributed by atoms with Gasteiger partial charge in [-0.3, -0.25) is 4.79 Å². The molecule has 0 aliphatic carbocycles. The number of nitrogens with zero attached hydrogens (tertiary/aromatic N) is 4. The van der Waals surface area contributed by atoms with Gasteiger partial charge in [0.05, 0.1) is 11.7 Å². The second kappa shape index (κ2) is 4.48. The number of fused-ring (bicyclic) bond motifs is 1. The minimum absolute atomic E-state index is 0.191. The van der Waals surface area contributed by atoms with E-state index >= 15 is 0 Å². The molecule has 0 spiro atoms. The molecule has 0 aliphatic rings. The smallest absolute Gasteiger partial charge is 0.278 e. The number of benzene rings is 1. The van der Waals surface area contributed by atoms with Gasteiger partial charge in [-0.1, -0.05) is 0 Å². The molecule has 0 saturated heterocycles. The second-order valence-electron chi connectivity index (χ2n) is 4.22. The van der Waals surface area contributed by atoms with Crippen LogP contribution in [0.2, 0.25) is 0 Å². The number of aromatic nitrogens is 3. The van der Waals surface area contributed by atoms with Gasteiger partial charge in [-0.2, -0.15) is 15.0 Å². The Morgan fingerprint density at radius 3 is 2.95 bits per heavy atom. The van der Waals surface area contributed by atoms with E-state index < -0.39 is 0 Å². The fourth-order valence-corrected chi connectivity index (χ4v) is 1.96. The maximum Gasteiger partial charge on any atom is 0.278 e. The van der Waals surface area contributed by atoms with Crippen LogP contribution < -0.4 is 5.73 Å². The molecule has 0 amide bonds. The van der Waals surface area contributed by atoms with Gasteiger partial charge in [0.2, 0.25) is 0 Å². The van der Waals surface area contributed by atoms with Crippen LogP contribution in [0.25, 0.3) is 10.9 Å². The molecule has 0 bridgehead atoms. The lowest BCUT2D eigenvalue weighted by Gasteiger charge is -2.03. The Morgan fingerprint density at radius 1 is 1.30 bits per heavy atom. The van der Waals surface area contributed by atoms with Gasteiger partial charge in [0.15, 0.2) is 0 Å². The molecule has 6 heteroatoms. The van der Waals surface area contributed by atoms with Gasteiger partial charge < -0.3 is 5.73 Å². The molecule has 0 atom stereocenters. The third kappa shape index (κ3) is 1.87. The normalized spacial score (nSPS) is 10.3. The van der Waals surface area contributed by atoms with Crippen LogP contribution >= 0.6 is 0 Å². The molecule has 2 heterocycles. The van der Waals surface area contributed by atoms with E-state index in [0.29, 0.717) is 16.8 Å². The van der Waals surface area contributed by atoms with Crippen LogP contribution in [-0.2, 0) is 0 Å². The Hall–Kier alpha value is -3.20. The first kappa shape index (κ1) is 11.9. The summed E-state index contributed by atoms with van der Waals surface area (Å²) in [4.78, 5) is 16.2. The van der Waals surface area contributed by atoms with Crippen molar-refractivity contribution in [2.75, 3.05) is 5.73 Å². The van der Waals surface area contributed by atoms with Gasteiger partial charge in [-0.05, 0) is 30.3 Å². The summed E-state index contributed by atoms with van der Waals surface area (Å²) in [5.74, 6) is -0.316. The van der Waals surface area contributed by atoms with Crippen molar-refractivity contribution < 1.29 is 4.79 Å². The molecule has 0 aliphatic heterocycles. The second-order valence-corrected chi connectivity index (χ2v) is 4.22. The predicted octanol–water partition coefficient (Wildman–Crippen LogP) is 1.57. The highest BCUT2D eigenvalue weighted by molar-refractivity contribution is 6.01. The number of pyridine rings is 1. The zero-order valence-electron chi connectivity index (χ0n) is 10.3. The predicted molar refractivity (Wildman–Crippen MR) is 72.8 cm³/mol. The molecule has 0 saturated carbocycles. The van der Waals surface area contributed by atoms with Gasteiger partial charge in [-0.25, -0.2) is 4.98 Å². The summed E-state index contributed by atoms with van der Waals surface area (Å²) in [6, 6.07) is 10.1. The van der Waals surface area contributed by atoms with Gasteiger partial charge in [0, 0.05) is 22.8 Å². The molecule has 96 valence electrons. The highest BCUT2D eigenvalue weighted by Crippen LogP contribution is 2.18. The Morgan fingerprint density at radius 2 is 2.15 bits per heavy atom. The minimum atomic E-state index is -0.316. The summed E-state index contributed by atoms with van der Waals surface area (Å²) in [5.41, 5.74) is 7.52. The molecular formula is C14H9N5O. The van der Waals surface area contributed by atoms with Crippen molar-refractivity contribution in [1.82, 2.24) is 14.8 Å². The Balaban J connectivity index is 2.11. The van der Waals surface area contributed by atoms with E-state index in [2.05, 4.69) is 10.1 Å². The minimum Gasteiger partial charge on any atom is -0.399 e. The summed E-state index contributed by atoms with van der Waals surface area (Å²) in [7, 11) is 0. The lowest BCUT2D eigenvalue weighted by atomic mass is 10.2. The summed E-state index contributed by atoms with van der Waals surface area (Å²) < 4.78 is 1.28. The third-order valence-corrected chi connectivity index (χ3v) is 2.91. The average molecular weight is 263 g/mol. The first-order valence-corrected chi connectivity index (χ1v) is 5.83. The standard InChI is InChI=1S/C14H9N5O/c15-7-12-6-9(3-4-17-12)14(20)19-13-2-1-11(16)5-10(13)8-18-19/h1-6,8H,16H2. The number of carbonyl (C=O) groups is 1. The molecule has 0 unspecified atom stereocenters. The topological polar surface area (TPSA) is 97.6 Å². The molecule has 2 aromatic heterocycles. The molecule has 2 N–H and O–H groups in total. The molecular weight excluding hydrogens is 254 g/mol. The van der Waals surface area contributed by atoms with Gasteiger partial charge >= 0.3 is 0 Å². The summed E-state index contributed by atoms with van der Waals surface area (Å²) in [6.07, 6.45) is 3.01. The van der Waals surface area contributed by atoms with Crippen molar-refractivity contribution in [2.24, 2.45) is 0 Å². The maximum atomic E-state index is 12.4. The van der Waals surface area contributed by atoms with Crippen molar-refractivity contribution in [3.8, 4) is 6.07 Å². The van der Waals surface area contributed by atoms with Crippen molar-refractivity contribution in [2.45, 2.75) is 0 Å². The van der Waals surface area contributed by atoms with Crippen molar-refractivity contribution in [3.63, 3.8) is 0 Å². The molecule has 3 aromatic rings. The summed E-state index contributed by atoms with van der Waals surface area (Å²) in [5, 5.41) is 13.7. The Labute approximate surface area is 114 Å². The molecule has 6 nitrogen and oxygen atoms in total.